The Bertz CT molecular complexity index is 364. The first-order valence-electron chi connectivity index (χ1n) is 5.46. The van der Waals surface area contributed by atoms with Crippen LogP contribution in [-0.2, 0) is 9.53 Å². The van der Waals surface area contributed by atoms with Crippen LogP contribution >= 0.6 is 0 Å². The standard InChI is InChI=1S/C12H17NO4/c1-5-8-6-7-9(10(14)15)13(8)11(16)17-12(2,3)4/h1,8-9H,6-7H2,2-4H3,(H,14,15)/t8-,9-/m1/s1. The summed E-state index contributed by atoms with van der Waals surface area (Å²) in [4.78, 5) is 24.1. The largest absolute Gasteiger partial charge is 0.480 e. The van der Waals surface area contributed by atoms with Crippen LogP contribution in [0.4, 0.5) is 4.79 Å². The van der Waals surface area contributed by atoms with Gasteiger partial charge < -0.3 is 9.84 Å². The third-order valence-electron chi connectivity index (χ3n) is 2.47. The number of nitrogens with zero attached hydrogens (tertiary/aromatic N) is 1. The maximum atomic E-state index is 11.9. The molecule has 5 nitrogen and oxygen atoms in total. The van der Waals surface area contributed by atoms with Crippen LogP contribution < -0.4 is 0 Å². The lowest BCUT2D eigenvalue weighted by Crippen LogP contribution is -2.46. The van der Waals surface area contributed by atoms with E-state index >= 15 is 0 Å². The highest BCUT2D eigenvalue weighted by molar-refractivity contribution is 5.81. The molecular formula is C12H17NO4. The van der Waals surface area contributed by atoms with Crippen molar-refractivity contribution in [1.82, 2.24) is 4.90 Å². The number of hydrogen-bond donors (Lipinski definition) is 1. The highest BCUT2D eigenvalue weighted by Crippen LogP contribution is 2.26. The van der Waals surface area contributed by atoms with Crippen LogP contribution in [-0.4, -0.2) is 39.8 Å². The molecule has 0 saturated carbocycles. The lowest BCUT2D eigenvalue weighted by atomic mass is 10.2. The smallest absolute Gasteiger partial charge is 0.412 e. The summed E-state index contributed by atoms with van der Waals surface area (Å²) in [5, 5.41) is 9.03. The number of aliphatic carboxylic acids is 1. The summed E-state index contributed by atoms with van der Waals surface area (Å²) in [7, 11) is 0. The van der Waals surface area contributed by atoms with Gasteiger partial charge in [-0.05, 0) is 33.6 Å². The molecule has 0 radical (unpaired) electrons. The van der Waals surface area contributed by atoms with E-state index in [2.05, 4.69) is 5.92 Å². The maximum absolute atomic E-state index is 11.9. The lowest BCUT2D eigenvalue weighted by molar-refractivity contribution is -0.142. The molecule has 0 aromatic heterocycles. The van der Waals surface area contributed by atoms with E-state index in [-0.39, 0.29) is 0 Å². The van der Waals surface area contributed by atoms with Crippen LogP contribution in [0.2, 0.25) is 0 Å². The van der Waals surface area contributed by atoms with Gasteiger partial charge in [-0.15, -0.1) is 6.42 Å². The minimum Gasteiger partial charge on any atom is -0.480 e. The van der Waals surface area contributed by atoms with Crippen molar-refractivity contribution in [2.75, 3.05) is 0 Å². The molecule has 94 valence electrons. The molecule has 0 bridgehead atoms. The fourth-order valence-electron chi connectivity index (χ4n) is 1.79. The van der Waals surface area contributed by atoms with Crippen LogP contribution in [0.25, 0.3) is 0 Å². The molecule has 0 aromatic carbocycles. The maximum Gasteiger partial charge on any atom is 0.412 e. The lowest BCUT2D eigenvalue weighted by Gasteiger charge is -2.29. The van der Waals surface area contributed by atoms with E-state index in [9.17, 15) is 9.59 Å². The summed E-state index contributed by atoms with van der Waals surface area (Å²) in [6, 6.07) is -1.38. The minimum atomic E-state index is -1.05. The van der Waals surface area contributed by atoms with Crippen molar-refractivity contribution < 1.29 is 19.4 Å². The molecule has 1 aliphatic rings. The van der Waals surface area contributed by atoms with E-state index in [4.69, 9.17) is 16.3 Å². The van der Waals surface area contributed by atoms with Gasteiger partial charge in [-0.3, -0.25) is 4.90 Å². The van der Waals surface area contributed by atoms with Crippen molar-refractivity contribution in [1.29, 1.82) is 0 Å². The van der Waals surface area contributed by atoms with Gasteiger partial charge in [0.05, 0.1) is 6.04 Å². The third kappa shape index (κ3) is 3.13. The topological polar surface area (TPSA) is 66.8 Å². The van der Waals surface area contributed by atoms with Crippen LogP contribution in [0, 0.1) is 12.3 Å². The van der Waals surface area contributed by atoms with E-state index in [1.807, 2.05) is 0 Å². The van der Waals surface area contributed by atoms with Gasteiger partial charge in [-0.25, -0.2) is 9.59 Å². The molecule has 1 N–H and O–H groups in total. The summed E-state index contributed by atoms with van der Waals surface area (Å²) < 4.78 is 5.16. The van der Waals surface area contributed by atoms with Crippen LogP contribution in [0.15, 0.2) is 0 Å². The fraction of sp³-hybridized carbons (Fsp3) is 0.667. The fourth-order valence-corrected chi connectivity index (χ4v) is 1.79. The van der Waals surface area contributed by atoms with E-state index in [1.54, 1.807) is 20.8 Å². The van der Waals surface area contributed by atoms with E-state index in [0.717, 1.165) is 4.90 Å². The molecule has 1 aliphatic heterocycles. The highest BCUT2D eigenvalue weighted by atomic mass is 16.6. The van der Waals surface area contributed by atoms with Gasteiger partial charge >= 0.3 is 12.1 Å². The second kappa shape index (κ2) is 4.66. The van der Waals surface area contributed by atoms with Crippen LogP contribution in [0.5, 0.6) is 0 Å². The summed E-state index contributed by atoms with van der Waals surface area (Å²) in [5.74, 6) is 1.38. The van der Waals surface area contributed by atoms with Gasteiger partial charge in [0.25, 0.3) is 0 Å². The average molecular weight is 239 g/mol. The molecule has 1 rings (SSSR count). The molecule has 2 atom stereocenters. The summed E-state index contributed by atoms with van der Waals surface area (Å²) in [5.41, 5.74) is -0.665. The Morgan fingerprint density at radius 3 is 2.41 bits per heavy atom. The average Bonchev–Trinajstić information content (AvgIpc) is 2.57. The highest BCUT2D eigenvalue weighted by Gasteiger charge is 2.42. The molecular weight excluding hydrogens is 222 g/mol. The molecule has 1 saturated heterocycles. The summed E-state index contributed by atoms with van der Waals surface area (Å²) in [6.07, 6.45) is 5.49. The molecule has 5 heteroatoms. The van der Waals surface area contributed by atoms with Gasteiger partial charge in [-0.1, -0.05) is 5.92 Å². The van der Waals surface area contributed by atoms with Crippen LogP contribution in [0.3, 0.4) is 0 Å². The number of carboxylic acid groups (broad SMARTS) is 1. The number of amides is 1. The monoisotopic (exact) mass is 239 g/mol. The molecule has 1 fully saturated rings. The van der Waals surface area contributed by atoms with Crippen LogP contribution in [0.1, 0.15) is 33.6 Å². The van der Waals surface area contributed by atoms with Crippen molar-refractivity contribution in [3.05, 3.63) is 0 Å². The number of likely N-dealkylation sites (tertiary alicyclic amines) is 1. The summed E-state index contributed by atoms with van der Waals surface area (Å²) >= 11 is 0. The van der Waals surface area contributed by atoms with E-state index in [0.29, 0.717) is 12.8 Å². The Hall–Kier alpha value is -1.70. The van der Waals surface area contributed by atoms with Crippen molar-refractivity contribution in [3.8, 4) is 12.3 Å². The Morgan fingerprint density at radius 1 is 1.41 bits per heavy atom. The Kier molecular flexibility index (Phi) is 3.66. The van der Waals surface area contributed by atoms with Gasteiger partial charge in [0.2, 0.25) is 0 Å². The van der Waals surface area contributed by atoms with Gasteiger partial charge in [0, 0.05) is 0 Å². The van der Waals surface area contributed by atoms with Crippen molar-refractivity contribution in [2.24, 2.45) is 0 Å². The molecule has 0 unspecified atom stereocenters. The van der Waals surface area contributed by atoms with E-state index in [1.165, 1.54) is 0 Å². The van der Waals surface area contributed by atoms with Crippen molar-refractivity contribution in [3.63, 3.8) is 0 Å². The number of hydrogen-bond acceptors (Lipinski definition) is 3. The van der Waals surface area contributed by atoms with Crippen molar-refractivity contribution >= 4 is 12.1 Å². The number of carbonyl (C=O) groups is 2. The quantitative estimate of drug-likeness (QED) is 0.704. The number of terminal acetylenes is 1. The Balaban J connectivity index is 2.86. The number of rotatable bonds is 1. The Labute approximate surface area is 101 Å². The molecule has 17 heavy (non-hydrogen) atoms. The first kappa shape index (κ1) is 13.4. The molecule has 0 aliphatic carbocycles. The predicted octanol–water partition coefficient (Wildman–Crippen LogP) is 1.47. The molecule has 0 aromatic rings. The molecule has 1 amide bonds. The second-order valence-corrected chi connectivity index (χ2v) is 5.00. The second-order valence-electron chi connectivity index (χ2n) is 5.00. The number of carboxylic acids is 1. The summed E-state index contributed by atoms with van der Waals surface area (Å²) in [6.45, 7) is 5.17. The zero-order valence-corrected chi connectivity index (χ0v) is 10.3. The SMILES string of the molecule is C#C[C@@H]1CC[C@H](C(=O)O)N1C(=O)OC(C)(C)C. The molecule has 0 spiro atoms. The predicted molar refractivity (Wildman–Crippen MR) is 61.4 cm³/mol. The number of ether oxygens (including phenoxy) is 1. The molecule has 1 heterocycles. The van der Waals surface area contributed by atoms with Gasteiger partial charge in [0.15, 0.2) is 0 Å². The zero-order valence-electron chi connectivity index (χ0n) is 10.3. The number of carbonyl (C=O) groups excluding carboxylic acids is 1. The normalized spacial score (nSPS) is 24.2. The zero-order chi connectivity index (χ0) is 13.2. The van der Waals surface area contributed by atoms with E-state index < -0.39 is 29.7 Å². The third-order valence-corrected chi connectivity index (χ3v) is 2.47. The first-order valence-corrected chi connectivity index (χ1v) is 5.46. The first-order chi connectivity index (χ1) is 7.76. The van der Waals surface area contributed by atoms with Gasteiger partial charge in [0.1, 0.15) is 11.6 Å². The Morgan fingerprint density at radius 2 is 2.00 bits per heavy atom. The van der Waals surface area contributed by atoms with Gasteiger partial charge in [-0.2, -0.15) is 0 Å². The minimum absolute atomic E-state index is 0.365. The van der Waals surface area contributed by atoms with Crippen molar-refractivity contribution in [2.45, 2.75) is 51.3 Å².